The van der Waals surface area contributed by atoms with Crippen molar-refractivity contribution in [3.63, 3.8) is 0 Å². The number of hydrogen-bond donors (Lipinski definition) is 1. The van der Waals surface area contributed by atoms with Gasteiger partial charge in [-0.1, -0.05) is 19.4 Å². The second kappa shape index (κ2) is 10.1. The summed E-state index contributed by atoms with van der Waals surface area (Å²) in [5.41, 5.74) is 0. The van der Waals surface area contributed by atoms with Crippen LogP contribution in [-0.2, 0) is 19.2 Å². The van der Waals surface area contributed by atoms with Gasteiger partial charge < -0.3 is 9.47 Å². The van der Waals surface area contributed by atoms with E-state index in [1.54, 1.807) is 13.0 Å². The summed E-state index contributed by atoms with van der Waals surface area (Å²) in [5.74, 6) is -1.34. The number of esters is 1. The molecule has 106 valence electrons. The lowest BCUT2D eigenvalue weighted by Crippen LogP contribution is -2.33. The lowest BCUT2D eigenvalue weighted by Gasteiger charge is -2.28. The molecular formula is C13H24O5. The van der Waals surface area contributed by atoms with Crippen molar-refractivity contribution in [2.24, 2.45) is 0 Å². The first-order chi connectivity index (χ1) is 8.64. The monoisotopic (exact) mass is 260 g/mol. The van der Waals surface area contributed by atoms with Gasteiger partial charge in [-0.3, -0.25) is 0 Å². The fourth-order valence-electron chi connectivity index (χ4n) is 1.58. The molecule has 1 atom stereocenters. The van der Waals surface area contributed by atoms with Crippen molar-refractivity contribution >= 4 is 5.97 Å². The van der Waals surface area contributed by atoms with E-state index < -0.39 is 5.79 Å². The Bertz CT molecular complexity index is 246. The molecule has 0 aromatic heterocycles. The maximum Gasteiger partial charge on any atom is 0.330 e. The maximum atomic E-state index is 11.1. The molecule has 5 heteroatoms. The first-order valence-corrected chi connectivity index (χ1v) is 6.35. The minimum Gasteiger partial charge on any atom is -0.463 e. The normalized spacial score (nSPS) is 14.7. The summed E-state index contributed by atoms with van der Waals surface area (Å²) in [5, 5.41) is 8.96. The van der Waals surface area contributed by atoms with Gasteiger partial charge in [-0.25, -0.2) is 14.9 Å². The topological polar surface area (TPSA) is 65.0 Å². The van der Waals surface area contributed by atoms with E-state index in [2.05, 4.69) is 11.8 Å². The Morgan fingerprint density at radius 2 is 2.06 bits per heavy atom. The van der Waals surface area contributed by atoms with Crippen LogP contribution in [0.2, 0.25) is 0 Å². The number of unbranched alkanes of at least 4 members (excludes halogenated alkanes) is 1. The highest BCUT2D eigenvalue weighted by Crippen LogP contribution is 2.25. The molecule has 0 amide bonds. The Hall–Kier alpha value is -0.910. The van der Waals surface area contributed by atoms with E-state index in [0.29, 0.717) is 25.9 Å². The number of carbonyl (C=O) groups excluding carboxylic acids is 1. The van der Waals surface area contributed by atoms with Crippen LogP contribution < -0.4 is 0 Å². The number of allylic oxidation sites excluding steroid dienone is 1. The van der Waals surface area contributed by atoms with Crippen LogP contribution in [0, 0.1) is 0 Å². The maximum absolute atomic E-state index is 11.1. The molecule has 0 saturated carbocycles. The van der Waals surface area contributed by atoms with E-state index in [-0.39, 0.29) is 5.97 Å². The van der Waals surface area contributed by atoms with Crippen molar-refractivity contribution < 1.29 is 24.4 Å². The molecule has 0 aliphatic heterocycles. The van der Waals surface area contributed by atoms with Crippen molar-refractivity contribution in [2.75, 3.05) is 13.7 Å². The number of methoxy groups -OCH3 is 1. The fraction of sp³-hybridized carbons (Fsp3) is 0.769. The summed E-state index contributed by atoms with van der Waals surface area (Å²) in [6.07, 6.45) is 6.62. The zero-order chi connectivity index (χ0) is 13.9. The standard InChI is InChI=1S/C13H24O5/c1-4-6-10-13(16-3,18-15)11-8-7-9-12(14)17-5-2/h7,9,15H,4-6,8,10-11H2,1-3H3/b9-7+. The van der Waals surface area contributed by atoms with Gasteiger partial charge in [0, 0.05) is 26.0 Å². The molecule has 0 radical (unpaired) electrons. The van der Waals surface area contributed by atoms with Gasteiger partial charge in [0.2, 0.25) is 5.79 Å². The Balaban J connectivity index is 4.14. The lowest BCUT2D eigenvalue weighted by atomic mass is 10.0. The summed E-state index contributed by atoms with van der Waals surface area (Å²) in [4.78, 5) is 15.5. The number of hydrogen-bond acceptors (Lipinski definition) is 5. The molecule has 0 saturated heterocycles. The van der Waals surface area contributed by atoms with Crippen molar-refractivity contribution in [3.05, 3.63) is 12.2 Å². The SMILES string of the molecule is CCCCC(CC/C=C/C(=O)OCC)(OC)OO. The Morgan fingerprint density at radius 1 is 1.33 bits per heavy atom. The average Bonchev–Trinajstić information content (AvgIpc) is 2.39. The second-order valence-electron chi connectivity index (χ2n) is 4.00. The second-order valence-corrected chi connectivity index (χ2v) is 4.00. The minimum absolute atomic E-state index is 0.362. The average molecular weight is 260 g/mol. The van der Waals surface area contributed by atoms with Crippen LogP contribution >= 0.6 is 0 Å². The first-order valence-electron chi connectivity index (χ1n) is 6.35. The third-order valence-electron chi connectivity index (χ3n) is 2.68. The van der Waals surface area contributed by atoms with Crippen LogP contribution in [0.4, 0.5) is 0 Å². The van der Waals surface area contributed by atoms with Gasteiger partial charge in [-0.15, -0.1) is 0 Å². The number of rotatable bonds is 10. The zero-order valence-corrected chi connectivity index (χ0v) is 11.5. The van der Waals surface area contributed by atoms with E-state index >= 15 is 0 Å². The molecule has 1 N–H and O–H groups in total. The molecule has 0 rings (SSSR count). The highest BCUT2D eigenvalue weighted by Gasteiger charge is 2.29. The van der Waals surface area contributed by atoms with Crippen LogP contribution in [0.1, 0.15) is 46.0 Å². The molecule has 18 heavy (non-hydrogen) atoms. The third kappa shape index (κ3) is 6.74. The lowest BCUT2D eigenvalue weighted by molar-refractivity contribution is -0.402. The summed E-state index contributed by atoms with van der Waals surface area (Å²) in [7, 11) is 1.50. The Kier molecular flexibility index (Phi) is 9.55. The third-order valence-corrected chi connectivity index (χ3v) is 2.68. The van der Waals surface area contributed by atoms with Crippen LogP contribution in [0.3, 0.4) is 0 Å². The highest BCUT2D eigenvalue weighted by atomic mass is 17.1. The van der Waals surface area contributed by atoms with E-state index in [1.807, 2.05) is 0 Å². The molecule has 0 spiro atoms. The summed E-state index contributed by atoms with van der Waals surface area (Å²) < 4.78 is 9.98. The predicted molar refractivity (Wildman–Crippen MR) is 68.0 cm³/mol. The van der Waals surface area contributed by atoms with Gasteiger partial charge in [0.15, 0.2) is 0 Å². The summed E-state index contributed by atoms with van der Waals surface area (Å²) in [6, 6.07) is 0. The molecule has 5 nitrogen and oxygen atoms in total. The zero-order valence-electron chi connectivity index (χ0n) is 11.5. The van der Waals surface area contributed by atoms with Gasteiger partial charge in [-0.05, 0) is 19.8 Å². The minimum atomic E-state index is -0.977. The van der Waals surface area contributed by atoms with Crippen molar-refractivity contribution in [1.82, 2.24) is 0 Å². The van der Waals surface area contributed by atoms with Gasteiger partial charge >= 0.3 is 5.97 Å². The van der Waals surface area contributed by atoms with Gasteiger partial charge in [0.25, 0.3) is 0 Å². The van der Waals surface area contributed by atoms with E-state index in [4.69, 9.17) is 14.7 Å². The molecule has 0 heterocycles. The van der Waals surface area contributed by atoms with Crippen LogP contribution in [0.25, 0.3) is 0 Å². The van der Waals surface area contributed by atoms with E-state index in [9.17, 15) is 4.79 Å². The smallest absolute Gasteiger partial charge is 0.330 e. The van der Waals surface area contributed by atoms with Crippen molar-refractivity contribution in [2.45, 2.75) is 51.7 Å². The largest absolute Gasteiger partial charge is 0.463 e. The Morgan fingerprint density at radius 3 is 2.56 bits per heavy atom. The van der Waals surface area contributed by atoms with Crippen LogP contribution in [0.5, 0.6) is 0 Å². The van der Waals surface area contributed by atoms with Crippen LogP contribution in [-0.4, -0.2) is 30.7 Å². The van der Waals surface area contributed by atoms with E-state index in [0.717, 1.165) is 12.8 Å². The molecule has 0 aliphatic rings. The van der Waals surface area contributed by atoms with Crippen molar-refractivity contribution in [1.29, 1.82) is 0 Å². The number of ether oxygens (including phenoxy) is 2. The fourth-order valence-corrected chi connectivity index (χ4v) is 1.58. The molecule has 0 aromatic rings. The molecule has 1 unspecified atom stereocenters. The highest BCUT2D eigenvalue weighted by molar-refractivity contribution is 5.81. The van der Waals surface area contributed by atoms with E-state index in [1.165, 1.54) is 13.2 Å². The van der Waals surface area contributed by atoms with Gasteiger partial charge in [0.1, 0.15) is 0 Å². The molecule has 0 bridgehead atoms. The first kappa shape index (κ1) is 17.1. The predicted octanol–water partition coefficient (Wildman–Crippen LogP) is 2.91. The van der Waals surface area contributed by atoms with Crippen molar-refractivity contribution in [3.8, 4) is 0 Å². The molecule has 0 aromatic carbocycles. The summed E-state index contributed by atoms with van der Waals surface area (Å²) >= 11 is 0. The molecular weight excluding hydrogens is 236 g/mol. The van der Waals surface area contributed by atoms with Gasteiger partial charge in [0.05, 0.1) is 6.61 Å². The summed E-state index contributed by atoms with van der Waals surface area (Å²) in [6.45, 7) is 4.17. The Labute approximate surface area is 109 Å². The van der Waals surface area contributed by atoms with Crippen LogP contribution in [0.15, 0.2) is 12.2 Å². The molecule has 0 fully saturated rings. The number of carbonyl (C=O) groups is 1. The van der Waals surface area contributed by atoms with Gasteiger partial charge in [-0.2, -0.15) is 0 Å². The molecule has 0 aliphatic carbocycles. The quantitative estimate of drug-likeness (QED) is 0.215.